The van der Waals surface area contributed by atoms with Crippen LogP contribution < -0.4 is 0 Å². The summed E-state index contributed by atoms with van der Waals surface area (Å²) in [5, 5.41) is 10.3. The van der Waals surface area contributed by atoms with E-state index in [1.807, 2.05) is 12.1 Å². The summed E-state index contributed by atoms with van der Waals surface area (Å²) < 4.78 is 0. The molecule has 1 aromatic carbocycles. The Hall–Kier alpha value is -0.710. The molecule has 0 fully saturated rings. The number of likely N-dealkylation sites (N-methyl/N-ethyl adjacent to an activating group) is 1. The van der Waals surface area contributed by atoms with Crippen molar-refractivity contribution in [2.24, 2.45) is 0 Å². The summed E-state index contributed by atoms with van der Waals surface area (Å²) in [6.07, 6.45) is 0. The Morgan fingerprint density at radius 3 is 2.44 bits per heavy atom. The van der Waals surface area contributed by atoms with Crippen LogP contribution in [0.25, 0.3) is 0 Å². The molecular formula is C13H18ClNO2S. The maximum Gasteiger partial charge on any atom is 0.232 e. The Kier molecular flexibility index (Phi) is 5.50. The van der Waals surface area contributed by atoms with Crippen molar-refractivity contribution in [2.75, 3.05) is 19.3 Å². The van der Waals surface area contributed by atoms with Crippen LogP contribution in [0, 0.1) is 0 Å². The topological polar surface area (TPSA) is 40.5 Å². The molecule has 100 valence electrons. The SMILES string of the molecule is CN(CC(C)(C)O)C(=O)CSc1ccc(Cl)cc1. The van der Waals surface area contributed by atoms with E-state index in [0.717, 1.165) is 4.90 Å². The average molecular weight is 288 g/mol. The summed E-state index contributed by atoms with van der Waals surface area (Å²) in [4.78, 5) is 14.4. The number of hydrogen-bond donors (Lipinski definition) is 1. The summed E-state index contributed by atoms with van der Waals surface area (Å²) >= 11 is 7.25. The summed E-state index contributed by atoms with van der Waals surface area (Å²) in [7, 11) is 1.70. The number of carbonyl (C=O) groups is 1. The van der Waals surface area contributed by atoms with Crippen molar-refractivity contribution < 1.29 is 9.90 Å². The van der Waals surface area contributed by atoms with Crippen LogP contribution >= 0.6 is 23.4 Å². The molecule has 0 unspecified atom stereocenters. The maximum absolute atomic E-state index is 11.8. The summed E-state index contributed by atoms with van der Waals surface area (Å²) in [5.41, 5.74) is -0.866. The molecule has 0 atom stereocenters. The smallest absolute Gasteiger partial charge is 0.232 e. The maximum atomic E-state index is 11.8. The van der Waals surface area contributed by atoms with Gasteiger partial charge in [-0.25, -0.2) is 0 Å². The largest absolute Gasteiger partial charge is 0.389 e. The van der Waals surface area contributed by atoms with Crippen LogP contribution in [0.2, 0.25) is 5.02 Å². The van der Waals surface area contributed by atoms with Crippen LogP contribution in [0.4, 0.5) is 0 Å². The Bertz CT molecular complexity index is 400. The molecule has 0 aliphatic heterocycles. The predicted molar refractivity (Wildman–Crippen MR) is 76.1 cm³/mol. The van der Waals surface area contributed by atoms with Crippen molar-refractivity contribution in [1.82, 2.24) is 4.90 Å². The average Bonchev–Trinajstić information content (AvgIpc) is 2.25. The monoisotopic (exact) mass is 287 g/mol. The third-order valence-electron chi connectivity index (χ3n) is 2.23. The number of aliphatic hydroxyl groups is 1. The Labute approximate surface area is 117 Å². The van der Waals surface area contributed by atoms with Crippen LogP contribution in [-0.2, 0) is 4.79 Å². The minimum Gasteiger partial charge on any atom is -0.389 e. The number of hydrogen-bond acceptors (Lipinski definition) is 3. The Morgan fingerprint density at radius 2 is 1.94 bits per heavy atom. The second-order valence-corrected chi connectivity index (χ2v) is 6.29. The number of halogens is 1. The van der Waals surface area contributed by atoms with E-state index in [9.17, 15) is 9.90 Å². The molecule has 0 spiro atoms. The number of amides is 1. The van der Waals surface area contributed by atoms with Gasteiger partial charge in [-0.3, -0.25) is 4.79 Å². The second kappa shape index (κ2) is 6.45. The Morgan fingerprint density at radius 1 is 1.39 bits per heavy atom. The van der Waals surface area contributed by atoms with Crippen molar-refractivity contribution in [2.45, 2.75) is 24.3 Å². The first-order valence-electron chi connectivity index (χ1n) is 5.63. The van der Waals surface area contributed by atoms with E-state index in [0.29, 0.717) is 17.3 Å². The first-order chi connectivity index (χ1) is 8.28. The third kappa shape index (κ3) is 5.76. The van der Waals surface area contributed by atoms with Crippen molar-refractivity contribution in [3.63, 3.8) is 0 Å². The van der Waals surface area contributed by atoms with Gasteiger partial charge in [-0.2, -0.15) is 0 Å². The van der Waals surface area contributed by atoms with E-state index >= 15 is 0 Å². The van der Waals surface area contributed by atoms with Crippen LogP contribution in [0.3, 0.4) is 0 Å². The van der Waals surface area contributed by atoms with Gasteiger partial charge in [-0.1, -0.05) is 11.6 Å². The van der Waals surface area contributed by atoms with E-state index in [1.165, 1.54) is 11.8 Å². The van der Waals surface area contributed by atoms with E-state index in [1.54, 1.807) is 37.9 Å². The number of benzene rings is 1. The molecule has 0 heterocycles. The standard InChI is InChI=1S/C13H18ClNO2S/c1-13(2,17)9-15(3)12(16)8-18-11-6-4-10(14)5-7-11/h4-7,17H,8-9H2,1-3H3. The second-order valence-electron chi connectivity index (χ2n) is 4.80. The van der Waals surface area contributed by atoms with Gasteiger partial charge >= 0.3 is 0 Å². The molecule has 0 saturated heterocycles. The highest BCUT2D eigenvalue weighted by atomic mass is 35.5. The minimum atomic E-state index is -0.866. The predicted octanol–water partition coefficient (Wildman–Crippen LogP) is 2.66. The molecule has 0 aliphatic rings. The lowest BCUT2D eigenvalue weighted by Crippen LogP contribution is -2.40. The van der Waals surface area contributed by atoms with Gasteiger partial charge in [0.1, 0.15) is 0 Å². The quantitative estimate of drug-likeness (QED) is 0.847. The van der Waals surface area contributed by atoms with Gasteiger partial charge in [-0.05, 0) is 38.1 Å². The van der Waals surface area contributed by atoms with Crippen LogP contribution in [0.1, 0.15) is 13.8 Å². The molecule has 0 aliphatic carbocycles. The molecule has 1 aromatic rings. The zero-order chi connectivity index (χ0) is 13.8. The van der Waals surface area contributed by atoms with Crippen LogP contribution in [0.15, 0.2) is 29.2 Å². The van der Waals surface area contributed by atoms with Gasteiger partial charge in [0, 0.05) is 23.5 Å². The van der Waals surface area contributed by atoms with Gasteiger partial charge in [-0.15, -0.1) is 11.8 Å². The zero-order valence-electron chi connectivity index (χ0n) is 10.8. The minimum absolute atomic E-state index is 0.00271. The fourth-order valence-corrected chi connectivity index (χ4v) is 2.42. The molecule has 1 N–H and O–H groups in total. The van der Waals surface area contributed by atoms with Crippen molar-refractivity contribution in [3.8, 4) is 0 Å². The van der Waals surface area contributed by atoms with E-state index in [2.05, 4.69) is 0 Å². The molecule has 18 heavy (non-hydrogen) atoms. The molecule has 1 rings (SSSR count). The Balaban J connectivity index is 2.43. The van der Waals surface area contributed by atoms with Gasteiger partial charge in [0.05, 0.1) is 11.4 Å². The molecule has 0 bridgehead atoms. The molecular weight excluding hydrogens is 270 g/mol. The van der Waals surface area contributed by atoms with Gasteiger partial charge in [0.25, 0.3) is 0 Å². The molecule has 0 radical (unpaired) electrons. The third-order valence-corrected chi connectivity index (χ3v) is 3.47. The highest BCUT2D eigenvalue weighted by Gasteiger charge is 2.19. The number of rotatable bonds is 5. The van der Waals surface area contributed by atoms with E-state index in [-0.39, 0.29) is 5.91 Å². The van der Waals surface area contributed by atoms with Crippen molar-refractivity contribution in [1.29, 1.82) is 0 Å². The molecule has 5 heteroatoms. The van der Waals surface area contributed by atoms with Gasteiger partial charge in [0.15, 0.2) is 0 Å². The van der Waals surface area contributed by atoms with Crippen LogP contribution in [0.5, 0.6) is 0 Å². The highest BCUT2D eigenvalue weighted by molar-refractivity contribution is 8.00. The lowest BCUT2D eigenvalue weighted by atomic mass is 10.1. The van der Waals surface area contributed by atoms with E-state index in [4.69, 9.17) is 11.6 Å². The fourth-order valence-electron chi connectivity index (χ4n) is 1.45. The van der Waals surface area contributed by atoms with Crippen LogP contribution in [-0.4, -0.2) is 40.9 Å². The fraction of sp³-hybridized carbons (Fsp3) is 0.462. The first kappa shape index (κ1) is 15.3. The lowest BCUT2D eigenvalue weighted by Gasteiger charge is -2.25. The number of nitrogens with zero attached hydrogens (tertiary/aromatic N) is 1. The summed E-state index contributed by atoms with van der Waals surface area (Å²) in [5.74, 6) is 0.353. The first-order valence-corrected chi connectivity index (χ1v) is 6.99. The van der Waals surface area contributed by atoms with Crippen molar-refractivity contribution >= 4 is 29.3 Å². The van der Waals surface area contributed by atoms with Gasteiger partial charge in [0.2, 0.25) is 5.91 Å². The highest BCUT2D eigenvalue weighted by Crippen LogP contribution is 2.20. The molecule has 3 nitrogen and oxygen atoms in total. The number of carbonyl (C=O) groups excluding carboxylic acids is 1. The zero-order valence-corrected chi connectivity index (χ0v) is 12.4. The molecule has 0 saturated carbocycles. The van der Waals surface area contributed by atoms with E-state index < -0.39 is 5.60 Å². The lowest BCUT2D eigenvalue weighted by molar-refractivity contribution is -0.129. The normalized spacial score (nSPS) is 11.4. The van der Waals surface area contributed by atoms with Crippen molar-refractivity contribution in [3.05, 3.63) is 29.3 Å². The van der Waals surface area contributed by atoms with Gasteiger partial charge < -0.3 is 10.0 Å². The summed E-state index contributed by atoms with van der Waals surface area (Å²) in [6, 6.07) is 7.37. The number of thioether (sulfide) groups is 1. The molecule has 0 aromatic heterocycles. The molecule has 1 amide bonds. The summed E-state index contributed by atoms with van der Waals surface area (Å²) in [6.45, 7) is 3.69.